The summed E-state index contributed by atoms with van der Waals surface area (Å²) in [7, 11) is -3.74. The van der Waals surface area contributed by atoms with Crippen molar-refractivity contribution in [2.45, 2.75) is 17.7 Å². The van der Waals surface area contributed by atoms with Crippen LogP contribution in [0, 0.1) is 0 Å². The summed E-state index contributed by atoms with van der Waals surface area (Å²) in [6.45, 7) is 0.832. The van der Waals surface area contributed by atoms with E-state index in [1.54, 1.807) is 11.0 Å². The fraction of sp³-hybridized carbons (Fsp3) is 0.400. The number of rotatable bonds is 3. The summed E-state index contributed by atoms with van der Waals surface area (Å²) in [6, 6.07) is 4.61. The van der Waals surface area contributed by atoms with Gasteiger partial charge in [0.05, 0.1) is 5.02 Å². The van der Waals surface area contributed by atoms with E-state index in [4.69, 9.17) is 11.6 Å². The maximum atomic E-state index is 12.8. The van der Waals surface area contributed by atoms with Crippen molar-refractivity contribution in [2.24, 2.45) is 5.10 Å². The first-order valence-corrected chi connectivity index (χ1v) is 10.5. The molecule has 1 aromatic rings. The number of amides is 2. The van der Waals surface area contributed by atoms with Gasteiger partial charge in [-0.1, -0.05) is 27.5 Å². The van der Waals surface area contributed by atoms with Crippen LogP contribution in [-0.4, -0.2) is 61.3 Å². The average molecular weight is 464 g/mol. The van der Waals surface area contributed by atoms with Crippen LogP contribution in [0.3, 0.4) is 0 Å². The van der Waals surface area contributed by atoms with E-state index in [0.717, 1.165) is 0 Å². The minimum absolute atomic E-state index is 0.0431. The largest absolute Gasteiger partial charge is 0.335 e. The SMILES string of the molecule is O=C1CCC(C(=O)N2CCN(S(=O)(=O)c3ccc(Br)cc3Cl)CC2)=NN1. The summed E-state index contributed by atoms with van der Waals surface area (Å²) in [5, 5.41) is 3.94. The minimum Gasteiger partial charge on any atom is -0.335 e. The van der Waals surface area contributed by atoms with Crippen molar-refractivity contribution in [3.63, 3.8) is 0 Å². The first-order chi connectivity index (χ1) is 12.3. The van der Waals surface area contributed by atoms with Crippen molar-refractivity contribution < 1.29 is 18.0 Å². The number of halogens is 2. The molecule has 1 fully saturated rings. The molecule has 0 aliphatic carbocycles. The van der Waals surface area contributed by atoms with Crippen LogP contribution in [0.4, 0.5) is 0 Å². The number of carbonyl (C=O) groups excluding carboxylic acids is 2. The fourth-order valence-electron chi connectivity index (χ4n) is 2.77. The number of piperazine rings is 1. The Kier molecular flexibility index (Phi) is 5.66. The van der Waals surface area contributed by atoms with Crippen LogP contribution in [0.15, 0.2) is 32.7 Å². The zero-order valence-corrected chi connectivity index (χ0v) is 16.8. The van der Waals surface area contributed by atoms with Gasteiger partial charge in [-0.3, -0.25) is 9.59 Å². The van der Waals surface area contributed by atoms with Gasteiger partial charge >= 0.3 is 0 Å². The summed E-state index contributed by atoms with van der Waals surface area (Å²) in [5.74, 6) is -0.493. The van der Waals surface area contributed by atoms with Crippen molar-refractivity contribution in [3.05, 3.63) is 27.7 Å². The molecule has 0 unspecified atom stereocenters. The number of hydrogen-bond donors (Lipinski definition) is 1. The Labute approximate surface area is 164 Å². The molecule has 0 spiro atoms. The molecule has 0 aromatic heterocycles. The normalized spacial score (nSPS) is 19.1. The van der Waals surface area contributed by atoms with E-state index in [2.05, 4.69) is 26.5 Å². The predicted molar refractivity (Wildman–Crippen MR) is 99.3 cm³/mol. The van der Waals surface area contributed by atoms with E-state index in [9.17, 15) is 18.0 Å². The van der Waals surface area contributed by atoms with Gasteiger partial charge in [-0.15, -0.1) is 0 Å². The fourth-order valence-corrected chi connectivity index (χ4v) is 5.20. The Morgan fingerprint density at radius 2 is 1.88 bits per heavy atom. The lowest BCUT2D eigenvalue weighted by molar-refractivity contribution is -0.125. The third-order valence-electron chi connectivity index (χ3n) is 4.19. The molecule has 3 rings (SSSR count). The standard InChI is InChI=1S/C15H16BrClN4O4S/c16-10-1-3-13(11(17)9-10)26(24,25)21-7-5-20(6-8-21)15(23)12-2-4-14(22)19-18-12/h1,3,9H,2,4-8H2,(H,19,22). The molecule has 2 aliphatic heterocycles. The Bertz CT molecular complexity index is 882. The summed E-state index contributed by atoms with van der Waals surface area (Å²) in [5.41, 5.74) is 2.58. The van der Waals surface area contributed by atoms with E-state index in [-0.39, 0.29) is 66.5 Å². The van der Waals surface area contributed by atoms with Crippen LogP contribution >= 0.6 is 27.5 Å². The third-order valence-corrected chi connectivity index (χ3v) is 7.06. The number of hydrazone groups is 1. The number of hydrogen-bond acceptors (Lipinski definition) is 5. The van der Waals surface area contributed by atoms with Gasteiger partial charge in [0.1, 0.15) is 10.6 Å². The molecule has 8 nitrogen and oxygen atoms in total. The highest BCUT2D eigenvalue weighted by atomic mass is 79.9. The van der Waals surface area contributed by atoms with Crippen LogP contribution < -0.4 is 5.43 Å². The molecule has 2 aliphatic rings. The molecular formula is C15H16BrClN4O4S. The summed E-state index contributed by atoms with van der Waals surface area (Å²) in [4.78, 5) is 25.1. The van der Waals surface area contributed by atoms with Gasteiger partial charge in [-0.25, -0.2) is 13.8 Å². The number of benzene rings is 1. The first-order valence-electron chi connectivity index (χ1n) is 7.89. The molecule has 26 heavy (non-hydrogen) atoms. The lowest BCUT2D eigenvalue weighted by Gasteiger charge is -2.34. The molecule has 0 atom stereocenters. The van der Waals surface area contributed by atoms with Crippen LogP contribution in [0.2, 0.25) is 5.02 Å². The van der Waals surface area contributed by atoms with E-state index in [1.165, 1.54) is 16.4 Å². The molecular weight excluding hydrogens is 448 g/mol. The molecule has 1 N–H and O–H groups in total. The zero-order valence-electron chi connectivity index (χ0n) is 13.6. The molecule has 1 saturated heterocycles. The number of nitrogens with zero attached hydrogens (tertiary/aromatic N) is 3. The molecule has 2 heterocycles. The highest BCUT2D eigenvalue weighted by Gasteiger charge is 2.33. The van der Waals surface area contributed by atoms with Crippen molar-refractivity contribution in [1.29, 1.82) is 0 Å². The maximum Gasteiger partial charge on any atom is 0.270 e. The highest BCUT2D eigenvalue weighted by molar-refractivity contribution is 9.10. The van der Waals surface area contributed by atoms with E-state index in [0.29, 0.717) is 4.47 Å². The van der Waals surface area contributed by atoms with Gasteiger partial charge in [0, 0.05) is 43.5 Å². The Morgan fingerprint density at radius 1 is 1.19 bits per heavy atom. The van der Waals surface area contributed by atoms with Crippen LogP contribution in [-0.2, 0) is 19.6 Å². The van der Waals surface area contributed by atoms with Crippen molar-refractivity contribution in [1.82, 2.24) is 14.6 Å². The maximum absolute atomic E-state index is 12.8. The third kappa shape index (κ3) is 3.93. The zero-order chi connectivity index (χ0) is 18.9. The van der Waals surface area contributed by atoms with Crippen molar-refractivity contribution in [3.8, 4) is 0 Å². The Balaban J connectivity index is 1.68. The quantitative estimate of drug-likeness (QED) is 0.728. The number of sulfonamides is 1. The predicted octanol–water partition coefficient (Wildman–Crippen LogP) is 1.20. The topological polar surface area (TPSA) is 99.2 Å². The molecule has 140 valence electrons. The van der Waals surface area contributed by atoms with Crippen LogP contribution in [0.5, 0.6) is 0 Å². The average Bonchev–Trinajstić information content (AvgIpc) is 2.61. The van der Waals surface area contributed by atoms with Crippen molar-refractivity contribution in [2.75, 3.05) is 26.2 Å². The molecule has 1 aromatic carbocycles. The highest BCUT2D eigenvalue weighted by Crippen LogP contribution is 2.28. The van der Waals surface area contributed by atoms with Crippen LogP contribution in [0.25, 0.3) is 0 Å². The lowest BCUT2D eigenvalue weighted by atomic mass is 10.1. The second kappa shape index (κ2) is 7.63. The van der Waals surface area contributed by atoms with Gasteiger partial charge < -0.3 is 4.90 Å². The Morgan fingerprint density at radius 3 is 2.46 bits per heavy atom. The number of carbonyl (C=O) groups is 2. The second-order valence-corrected chi connectivity index (χ2v) is 9.09. The lowest BCUT2D eigenvalue weighted by Crippen LogP contribution is -2.52. The second-order valence-electron chi connectivity index (χ2n) is 5.86. The van der Waals surface area contributed by atoms with E-state index >= 15 is 0 Å². The minimum atomic E-state index is -3.74. The van der Waals surface area contributed by atoms with E-state index < -0.39 is 10.0 Å². The van der Waals surface area contributed by atoms with Gasteiger partial charge in [-0.05, 0) is 18.2 Å². The van der Waals surface area contributed by atoms with Crippen LogP contribution in [0.1, 0.15) is 12.8 Å². The molecule has 0 bridgehead atoms. The van der Waals surface area contributed by atoms with Gasteiger partial charge in [0.15, 0.2) is 0 Å². The van der Waals surface area contributed by atoms with E-state index in [1.807, 2.05) is 0 Å². The van der Waals surface area contributed by atoms with Gasteiger partial charge in [0.2, 0.25) is 15.9 Å². The van der Waals surface area contributed by atoms with Crippen molar-refractivity contribution >= 4 is 55.1 Å². The monoisotopic (exact) mass is 462 g/mol. The van der Waals surface area contributed by atoms with Gasteiger partial charge in [-0.2, -0.15) is 9.41 Å². The molecule has 0 saturated carbocycles. The number of nitrogens with one attached hydrogen (secondary N) is 1. The summed E-state index contributed by atoms with van der Waals surface area (Å²) >= 11 is 9.33. The summed E-state index contributed by atoms with van der Waals surface area (Å²) in [6.07, 6.45) is 0.513. The molecule has 2 amide bonds. The molecule has 11 heteroatoms. The first kappa shape index (κ1) is 19.3. The smallest absolute Gasteiger partial charge is 0.270 e. The molecule has 0 radical (unpaired) electrons. The summed E-state index contributed by atoms with van der Waals surface area (Å²) < 4.78 is 27.6. The Hall–Kier alpha value is -1.49. The van der Waals surface area contributed by atoms with Gasteiger partial charge in [0.25, 0.3) is 5.91 Å².